The van der Waals surface area contributed by atoms with Gasteiger partial charge in [-0.2, -0.15) is 0 Å². The van der Waals surface area contributed by atoms with Crippen LogP contribution in [-0.2, 0) is 6.42 Å². The van der Waals surface area contributed by atoms with Crippen LogP contribution >= 0.6 is 0 Å². The number of non-ortho nitro benzene ring substituents is 1. The third-order valence-electron chi connectivity index (χ3n) is 3.51. The van der Waals surface area contributed by atoms with Gasteiger partial charge in [-0.25, -0.2) is 4.39 Å². The van der Waals surface area contributed by atoms with Crippen molar-refractivity contribution in [2.75, 3.05) is 0 Å². The van der Waals surface area contributed by atoms with Gasteiger partial charge >= 0.3 is 0 Å². The van der Waals surface area contributed by atoms with Crippen LogP contribution in [-0.4, -0.2) is 15.3 Å². The molecule has 0 saturated carbocycles. The number of ketones is 1. The van der Waals surface area contributed by atoms with E-state index in [-0.39, 0.29) is 17.2 Å². The van der Waals surface area contributed by atoms with E-state index in [0.717, 1.165) is 18.2 Å². The van der Waals surface area contributed by atoms with Gasteiger partial charge in [0.2, 0.25) is 0 Å². The zero-order valence-electron chi connectivity index (χ0n) is 10.5. The predicted octanol–water partition coefficient (Wildman–Crippen LogP) is 3.04. The quantitative estimate of drug-likeness (QED) is 0.624. The van der Waals surface area contributed by atoms with Crippen molar-refractivity contribution in [3.8, 4) is 5.69 Å². The van der Waals surface area contributed by atoms with E-state index in [0.29, 0.717) is 18.4 Å². The molecule has 2 aromatic rings. The lowest BCUT2D eigenvalue weighted by Crippen LogP contribution is -2.12. The van der Waals surface area contributed by atoms with Crippen LogP contribution in [0.15, 0.2) is 30.5 Å². The number of nitrogens with zero attached hydrogens (tertiary/aromatic N) is 2. The summed E-state index contributed by atoms with van der Waals surface area (Å²) in [6, 6.07) is 5.20. The number of Topliss-reactive ketones (excluding diaryl/α,β-unsaturated/α-hetero) is 1. The van der Waals surface area contributed by atoms with Gasteiger partial charge in [0.25, 0.3) is 5.69 Å². The Hall–Kier alpha value is -2.50. The molecule has 3 rings (SSSR count). The monoisotopic (exact) mass is 274 g/mol. The van der Waals surface area contributed by atoms with Gasteiger partial charge in [-0.15, -0.1) is 0 Å². The number of rotatable bonds is 2. The molecular weight excluding hydrogens is 263 g/mol. The van der Waals surface area contributed by atoms with E-state index in [2.05, 4.69) is 0 Å². The van der Waals surface area contributed by atoms with E-state index >= 15 is 0 Å². The molecule has 0 spiro atoms. The molecule has 0 bridgehead atoms. The first-order valence-electron chi connectivity index (χ1n) is 6.25. The second-order valence-electron chi connectivity index (χ2n) is 4.72. The fourth-order valence-electron chi connectivity index (χ4n) is 2.56. The highest BCUT2D eigenvalue weighted by Gasteiger charge is 2.22. The van der Waals surface area contributed by atoms with Crippen LogP contribution in [0.1, 0.15) is 28.9 Å². The van der Waals surface area contributed by atoms with Crippen molar-refractivity contribution in [2.24, 2.45) is 0 Å². The molecule has 0 saturated heterocycles. The van der Waals surface area contributed by atoms with Gasteiger partial charge in [-0.1, -0.05) is 0 Å². The van der Waals surface area contributed by atoms with E-state index in [1.807, 2.05) is 0 Å². The largest absolute Gasteiger partial charge is 0.317 e. The van der Waals surface area contributed by atoms with Crippen LogP contribution in [0, 0.1) is 15.9 Å². The molecule has 0 fully saturated rings. The normalized spacial score (nSPS) is 14.2. The van der Waals surface area contributed by atoms with Gasteiger partial charge in [0, 0.05) is 29.9 Å². The molecule has 6 heteroatoms. The molecule has 1 heterocycles. The zero-order chi connectivity index (χ0) is 14.3. The molecular formula is C14H11FN2O3. The lowest BCUT2D eigenvalue weighted by Gasteiger charge is -2.15. The molecule has 0 N–H and O–H groups in total. The highest BCUT2D eigenvalue weighted by molar-refractivity contribution is 5.98. The molecule has 0 amide bonds. The average molecular weight is 274 g/mol. The second kappa shape index (κ2) is 4.56. The summed E-state index contributed by atoms with van der Waals surface area (Å²) in [7, 11) is 0. The van der Waals surface area contributed by atoms with E-state index < -0.39 is 10.7 Å². The van der Waals surface area contributed by atoms with Crippen molar-refractivity contribution in [2.45, 2.75) is 19.3 Å². The van der Waals surface area contributed by atoms with Crippen molar-refractivity contribution in [1.82, 2.24) is 4.57 Å². The molecule has 1 aromatic carbocycles. The molecule has 0 atom stereocenters. The Morgan fingerprint density at radius 2 is 2.05 bits per heavy atom. The summed E-state index contributed by atoms with van der Waals surface area (Å²) in [5.41, 5.74) is 1.33. The highest BCUT2D eigenvalue weighted by Crippen LogP contribution is 2.27. The number of halogens is 1. The van der Waals surface area contributed by atoms with E-state index in [4.69, 9.17) is 0 Å². The number of carbonyl (C=O) groups is 1. The van der Waals surface area contributed by atoms with Gasteiger partial charge < -0.3 is 4.57 Å². The van der Waals surface area contributed by atoms with Crippen LogP contribution in [0.25, 0.3) is 5.69 Å². The topological polar surface area (TPSA) is 65.1 Å². The zero-order valence-corrected chi connectivity index (χ0v) is 10.5. The summed E-state index contributed by atoms with van der Waals surface area (Å²) in [6.45, 7) is 0. The van der Waals surface area contributed by atoms with Gasteiger partial charge in [0.15, 0.2) is 11.6 Å². The van der Waals surface area contributed by atoms with Gasteiger partial charge in [0.1, 0.15) is 0 Å². The molecule has 1 aliphatic carbocycles. The fourth-order valence-corrected chi connectivity index (χ4v) is 2.56. The van der Waals surface area contributed by atoms with Crippen LogP contribution in [0.3, 0.4) is 0 Å². The smallest absolute Gasteiger partial charge is 0.272 e. The summed E-state index contributed by atoms with van der Waals surface area (Å²) >= 11 is 0. The molecule has 0 unspecified atom stereocenters. The molecule has 1 aliphatic rings. The number of hydrogen-bond donors (Lipinski definition) is 0. The van der Waals surface area contributed by atoms with E-state index in [1.54, 1.807) is 16.8 Å². The van der Waals surface area contributed by atoms with Crippen LogP contribution < -0.4 is 0 Å². The third kappa shape index (κ3) is 1.89. The van der Waals surface area contributed by atoms with Crippen molar-refractivity contribution in [3.63, 3.8) is 0 Å². The number of carbonyl (C=O) groups excluding carboxylic acids is 1. The number of nitro groups is 1. The fraction of sp³-hybridized carbons (Fsp3) is 0.214. The summed E-state index contributed by atoms with van der Waals surface area (Å²) in [5.74, 6) is -0.608. The lowest BCUT2D eigenvalue weighted by atomic mass is 9.97. The molecule has 0 aliphatic heterocycles. The molecule has 102 valence electrons. The Morgan fingerprint density at radius 1 is 1.25 bits per heavy atom. The summed E-state index contributed by atoms with van der Waals surface area (Å²) in [6.07, 6.45) is 3.59. The molecule has 1 aromatic heterocycles. The third-order valence-corrected chi connectivity index (χ3v) is 3.51. The summed E-state index contributed by atoms with van der Waals surface area (Å²) < 4.78 is 15.6. The predicted molar refractivity (Wildman–Crippen MR) is 69.6 cm³/mol. The first kappa shape index (κ1) is 12.5. The summed E-state index contributed by atoms with van der Waals surface area (Å²) in [5, 5.41) is 10.6. The Bertz CT molecular complexity index is 721. The number of aromatic nitrogens is 1. The van der Waals surface area contributed by atoms with E-state index in [9.17, 15) is 19.3 Å². The Kier molecular flexibility index (Phi) is 2.85. The van der Waals surface area contributed by atoms with Crippen molar-refractivity contribution < 1.29 is 14.1 Å². The number of benzene rings is 1. The maximum absolute atomic E-state index is 14.0. The van der Waals surface area contributed by atoms with Crippen LogP contribution in [0.2, 0.25) is 0 Å². The Balaban J connectivity index is 2.10. The molecule has 0 radical (unpaired) electrons. The number of fused-ring (bicyclic) bond motifs is 1. The average Bonchev–Trinajstić information content (AvgIpc) is 2.84. The minimum Gasteiger partial charge on any atom is -0.317 e. The highest BCUT2D eigenvalue weighted by atomic mass is 19.1. The van der Waals surface area contributed by atoms with Gasteiger partial charge in [-0.3, -0.25) is 14.9 Å². The van der Waals surface area contributed by atoms with Crippen molar-refractivity contribution in [3.05, 3.63) is 57.7 Å². The first-order valence-corrected chi connectivity index (χ1v) is 6.25. The standard InChI is InChI=1S/C14H11FN2O3/c15-11-8-9(17(19)20)4-5-13(11)16-7-6-10-12(16)2-1-3-14(10)18/h4-8H,1-3H2. The maximum Gasteiger partial charge on any atom is 0.272 e. The number of nitro benzene ring substituents is 1. The minimum absolute atomic E-state index is 0.0623. The number of hydrogen-bond acceptors (Lipinski definition) is 3. The van der Waals surface area contributed by atoms with Crippen LogP contribution in [0.5, 0.6) is 0 Å². The first-order chi connectivity index (χ1) is 9.58. The second-order valence-corrected chi connectivity index (χ2v) is 4.72. The van der Waals surface area contributed by atoms with Gasteiger partial charge in [0.05, 0.1) is 16.7 Å². The summed E-state index contributed by atoms with van der Waals surface area (Å²) in [4.78, 5) is 21.7. The lowest BCUT2D eigenvalue weighted by molar-refractivity contribution is -0.385. The maximum atomic E-state index is 14.0. The Labute approximate surface area is 113 Å². The Morgan fingerprint density at radius 3 is 2.75 bits per heavy atom. The van der Waals surface area contributed by atoms with Crippen molar-refractivity contribution in [1.29, 1.82) is 0 Å². The van der Waals surface area contributed by atoms with Gasteiger partial charge in [-0.05, 0) is 25.0 Å². The molecule has 5 nitrogen and oxygen atoms in total. The van der Waals surface area contributed by atoms with E-state index in [1.165, 1.54) is 12.1 Å². The minimum atomic E-state index is -0.671. The van der Waals surface area contributed by atoms with Crippen LogP contribution in [0.4, 0.5) is 10.1 Å². The SMILES string of the molecule is O=C1CCCc2c1ccn2-c1ccc([N+](=O)[O-])cc1F. The molecule has 20 heavy (non-hydrogen) atoms. The van der Waals surface area contributed by atoms with Crippen molar-refractivity contribution >= 4 is 11.5 Å².